The van der Waals surface area contributed by atoms with Crippen LogP contribution in [-0.2, 0) is 20.7 Å². The number of anilines is 1. The summed E-state index contributed by atoms with van der Waals surface area (Å²) in [5, 5.41) is 4.95. The van der Waals surface area contributed by atoms with Crippen molar-refractivity contribution in [3.8, 4) is 0 Å². The Balaban J connectivity index is 2.98. The quantitative estimate of drug-likeness (QED) is 0.199. The summed E-state index contributed by atoms with van der Waals surface area (Å²) in [7, 11) is 0.214. The predicted molar refractivity (Wildman–Crippen MR) is 126 cm³/mol. The fraction of sp³-hybridized carbons (Fsp3) is 0.600. The van der Waals surface area contributed by atoms with Gasteiger partial charge >= 0.3 is 5.97 Å². The van der Waals surface area contributed by atoms with E-state index in [0.29, 0.717) is 6.42 Å². The van der Waals surface area contributed by atoms with E-state index in [-0.39, 0.29) is 25.8 Å². The average molecular weight is 518 g/mol. The number of hydrogen-bond acceptors (Lipinski definition) is 5. The van der Waals surface area contributed by atoms with Crippen LogP contribution in [0.2, 0.25) is 0 Å². The second-order valence-corrected chi connectivity index (χ2v) is 9.33. The van der Waals surface area contributed by atoms with Gasteiger partial charge < -0.3 is 19.7 Å². The molecule has 0 aliphatic rings. The molecule has 28 heavy (non-hydrogen) atoms. The first-order valence-corrected chi connectivity index (χ1v) is 11.8. The third-order valence-corrected chi connectivity index (χ3v) is 4.91. The Bertz CT molecular complexity index is 632. The molecule has 0 radical (unpaired) electrons. The third-order valence-electron chi connectivity index (χ3n) is 4.20. The highest BCUT2D eigenvalue weighted by molar-refractivity contribution is 9.09. The van der Waals surface area contributed by atoms with Crippen molar-refractivity contribution < 1.29 is 14.3 Å². The van der Waals surface area contributed by atoms with E-state index in [9.17, 15) is 9.59 Å². The molecule has 0 bridgehead atoms. The maximum Gasteiger partial charge on any atom is 0.307 e. The Morgan fingerprint density at radius 1 is 1.29 bits per heavy atom. The van der Waals surface area contributed by atoms with Crippen molar-refractivity contribution >= 4 is 57.1 Å². The zero-order valence-electron chi connectivity index (χ0n) is 17.3. The van der Waals surface area contributed by atoms with Crippen molar-refractivity contribution in [1.82, 2.24) is 5.23 Å². The Morgan fingerprint density at radius 3 is 2.46 bits per heavy atom. The molecule has 0 saturated heterocycles. The highest BCUT2D eigenvalue weighted by Gasteiger charge is 2.21. The number of benzene rings is 1. The lowest BCUT2D eigenvalue weighted by Crippen LogP contribution is -2.38. The molecule has 0 amide bonds. The van der Waals surface area contributed by atoms with Gasteiger partial charge in [0.1, 0.15) is 5.60 Å². The number of esters is 1. The molecule has 0 aliphatic carbocycles. The summed E-state index contributed by atoms with van der Waals surface area (Å²) in [5.74, 6) is -0.259. The van der Waals surface area contributed by atoms with Gasteiger partial charge in [0.05, 0.1) is 12.6 Å². The molecule has 8 heteroatoms. The lowest BCUT2D eigenvalue weighted by molar-refractivity contribution is -0.155. The van der Waals surface area contributed by atoms with Crippen LogP contribution in [0, 0.1) is 6.92 Å². The van der Waals surface area contributed by atoms with Gasteiger partial charge in [-0.3, -0.25) is 4.79 Å². The summed E-state index contributed by atoms with van der Waals surface area (Å²) >= 11 is 7.04. The molecule has 0 heterocycles. The van der Waals surface area contributed by atoms with Crippen molar-refractivity contribution in [1.29, 1.82) is 0 Å². The maximum atomic E-state index is 12.3. The molecular weight excluding hydrogens is 487 g/mol. The van der Waals surface area contributed by atoms with E-state index in [1.54, 1.807) is 0 Å². The fourth-order valence-corrected chi connectivity index (χ4v) is 3.79. The molecule has 1 N–H and O–H groups in total. The molecule has 1 aromatic carbocycles. The smallest absolute Gasteiger partial charge is 0.307 e. The van der Waals surface area contributed by atoms with Gasteiger partial charge in [-0.1, -0.05) is 37.9 Å². The number of rotatable bonds is 12. The summed E-state index contributed by atoms with van der Waals surface area (Å²) in [6.07, 6.45) is 1.70. The lowest BCUT2D eigenvalue weighted by atomic mass is 9.91. The number of nitrogens with one attached hydrogen (secondary N) is 1. The molecule has 1 rings (SSSR count). The van der Waals surface area contributed by atoms with Crippen LogP contribution in [0.25, 0.3) is 0 Å². The van der Waals surface area contributed by atoms with Crippen LogP contribution < -0.4 is 10.1 Å². The number of hydrogen-bond donors (Lipinski definition) is 1. The first-order chi connectivity index (χ1) is 13.2. The number of ether oxygens (including phenoxy) is 1. The van der Waals surface area contributed by atoms with Gasteiger partial charge in [0.15, 0.2) is 0 Å². The van der Waals surface area contributed by atoms with E-state index in [4.69, 9.17) is 4.74 Å². The van der Waals surface area contributed by atoms with Crippen LogP contribution in [0.4, 0.5) is 5.69 Å². The van der Waals surface area contributed by atoms with Crippen LogP contribution >= 0.6 is 31.9 Å². The highest BCUT2D eigenvalue weighted by atomic mass is 79.9. The standard InChI is InChI=1S/C20H31BBr2N2O3/c1-15-5-6-18(25(9-7-22)10-8-23)12-16(15)11-17(24-21-14-26)13-19(27)28-20(2,3)4/h5-6,12,14,17,21,24H,7-11,13H2,1-4H3/t17-/m1/s1. The molecule has 0 spiro atoms. The first-order valence-electron chi connectivity index (χ1n) is 9.55. The lowest BCUT2D eigenvalue weighted by Gasteiger charge is -2.26. The zero-order valence-corrected chi connectivity index (χ0v) is 20.4. The van der Waals surface area contributed by atoms with Gasteiger partial charge in [0, 0.05) is 35.5 Å². The molecule has 156 valence electrons. The minimum absolute atomic E-state index is 0.158. The molecule has 5 nitrogen and oxygen atoms in total. The number of alkyl halides is 2. The van der Waals surface area contributed by atoms with Crippen molar-refractivity contribution in [2.24, 2.45) is 0 Å². The van der Waals surface area contributed by atoms with Gasteiger partial charge in [-0.05, 0) is 57.4 Å². The maximum absolute atomic E-state index is 12.3. The van der Waals surface area contributed by atoms with E-state index in [2.05, 4.69) is 67.1 Å². The van der Waals surface area contributed by atoms with Crippen molar-refractivity contribution in [3.63, 3.8) is 0 Å². The van der Waals surface area contributed by atoms with Gasteiger partial charge in [0.25, 0.3) is 7.41 Å². The molecule has 0 aliphatic heterocycles. The average Bonchev–Trinajstić information content (AvgIpc) is 2.59. The van der Waals surface area contributed by atoms with E-state index in [1.807, 2.05) is 20.8 Å². The highest BCUT2D eigenvalue weighted by Crippen LogP contribution is 2.22. The Labute approximate surface area is 186 Å². The van der Waals surface area contributed by atoms with Crippen molar-refractivity contribution in [2.75, 3.05) is 28.6 Å². The van der Waals surface area contributed by atoms with Crippen LogP contribution in [-0.4, -0.2) is 55.0 Å². The van der Waals surface area contributed by atoms with Crippen LogP contribution in [0.3, 0.4) is 0 Å². The SMILES string of the molecule is Cc1ccc(N(CCBr)CCBr)cc1C[C@H](CC(=O)OC(C)(C)C)NBC=O. The molecule has 0 aromatic heterocycles. The van der Waals surface area contributed by atoms with Crippen LogP contribution in [0.5, 0.6) is 0 Å². The normalized spacial score (nSPS) is 12.4. The Morgan fingerprint density at radius 2 is 1.93 bits per heavy atom. The van der Waals surface area contributed by atoms with Gasteiger partial charge in [0.2, 0.25) is 0 Å². The van der Waals surface area contributed by atoms with Crippen molar-refractivity contribution in [2.45, 2.75) is 52.2 Å². The minimum atomic E-state index is -0.520. The van der Waals surface area contributed by atoms with Crippen LogP contribution in [0.1, 0.15) is 38.3 Å². The molecule has 1 aromatic rings. The Hall–Kier alpha value is -0.855. The summed E-state index contributed by atoms with van der Waals surface area (Å²) in [6.45, 7) is 9.47. The number of halogens is 2. The van der Waals surface area contributed by atoms with E-state index in [1.165, 1.54) is 11.1 Å². The topological polar surface area (TPSA) is 58.6 Å². The summed E-state index contributed by atoms with van der Waals surface area (Å²) in [4.78, 5) is 25.4. The molecule has 1 atom stereocenters. The third kappa shape index (κ3) is 9.57. The monoisotopic (exact) mass is 516 g/mol. The number of nitrogens with zero attached hydrogens (tertiary/aromatic N) is 1. The van der Waals surface area contributed by atoms with Crippen molar-refractivity contribution in [3.05, 3.63) is 29.3 Å². The number of aryl methyl sites for hydroxylation is 1. The van der Waals surface area contributed by atoms with Gasteiger partial charge in [-0.15, -0.1) is 0 Å². The van der Waals surface area contributed by atoms with E-state index in [0.717, 1.165) is 35.6 Å². The summed E-state index contributed by atoms with van der Waals surface area (Å²) in [6, 6.07) is 6.27. The van der Waals surface area contributed by atoms with Gasteiger partial charge in [-0.25, -0.2) is 0 Å². The van der Waals surface area contributed by atoms with Crippen LogP contribution in [0.15, 0.2) is 18.2 Å². The summed E-state index contributed by atoms with van der Waals surface area (Å²) < 4.78 is 5.46. The second-order valence-electron chi connectivity index (χ2n) is 7.74. The summed E-state index contributed by atoms with van der Waals surface area (Å²) in [5.41, 5.74) is 2.97. The van der Waals surface area contributed by atoms with E-state index >= 15 is 0 Å². The number of carbonyl (C=O) groups is 2. The molecule has 0 saturated carbocycles. The van der Waals surface area contributed by atoms with Gasteiger partial charge in [-0.2, -0.15) is 0 Å². The second kappa shape index (κ2) is 12.7. The first kappa shape index (κ1) is 25.2. The Kier molecular flexibility index (Phi) is 11.4. The molecular formula is C20H31BBr2N2O3. The zero-order chi connectivity index (χ0) is 21.2. The molecule has 0 unspecified atom stereocenters. The van der Waals surface area contributed by atoms with E-state index < -0.39 is 5.60 Å². The largest absolute Gasteiger partial charge is 0.460 e. The predicted octanol–water partition coefficient (Wildman–Crippen LogP) is 3.37. The minimum Gasteiger partial charge on any atom is -0.460 e. The fourth-order valence-electron chi connectivity index (χ4n) is 2.93. The number of carbonyl (C=O) groups excluding carboxylic acids is 2. The molecule has 0 fully saturated rings.